The minimum Gasteiger partial charge on any atom is -0.481 e. The van der Waals surface area contributed by atoms with Crippen LogP contribution < -0.4 is 0 Å². The Kier molecular flexibility index (Phi) is 15.5. The summed E-state index contributed by atoms with van der Waals surface area (Å²) in [6.07, 6.45) is 21.6. The van der Waals surface area contributed by atoms with E-state index in [0.717, 1.165) is 25.7 Å². The highest BCUT2D eigenvalue weighted by Crippen LogP contribution is 2.03. The van der Waals surface area contributed by atoms with E-state index in [1.165, 1.54) is 19.3 Å². The van der Waals surface area contributed by atoms with E-state index >= 15 is 0 Å². The number of carboxylic acids is 1. The fourth-order valence-corrected chi connectivity index (χ4v) is 2.07. The van der Waals surface area contributed by atoms with Crippen molar-refractivity contribution in [3.05, 3.63) is 36.5 Å². The fraction of sp³-hybridized carbons (Fsp3) is 0.600. The van der Waals surface area contributed by atoms with Gasteiger partial charge in [-0.15, -0.1) is 0 Å². The van der Waals surface area contributed by atoms with Gasteiger partial charge in [0.2, 0.25) is 0 Å². The molecule has 0 aliphatic heterocycles. The van der Waals surface area contributed by atoms with E-state index in [1.807, 2.05) is 24.3 Å². The molecule has 0 radical (unpaired) electrons. The van der Waals surface area contributed by atoms with Crippen molar-refractivity contribution in [2.75, 3.05) is 0 Å². The highest BCUT2D eigenvalue weighted by Gasteiger charge is 1.96. The van der Waals surface area contributed by atoms with E-state index in [1.54, 1.807) is 0 Å². The standard InChI is InChI=1S/C20H32O3/c1-2-3-4-5-10-13-16-19(21)17-14-11-8-6-7-9-12-15-18-20(22)23/h7-11,13H,2-6,12,14-18H2,1H3,(H,22,23)/b9-7-,11-8-,13-10-. The molecule has 1 N–H and O–H groups in total. The second-order valence-electron chi connectivity index (χ2n) is 5.71. The van der Waals surface area contributed by atoms with Crippen LogP contribution in [0.1, 0.15) is 77.6 Å². The summed E-state index contributed by atoms with van der Waals surface area (Å²) in [7, 11) is 0. The van der Waals surface area contributed by atoms with Crippen molar-refractivity contribution in [1.82, 2.24) is 0 Å². The third-order valence-electron chi connectivity index (χ3n) is 3.44. The fourth-order valence-electron chi connectivity index (χ4n) is 2.07. The molecule has 0 amide bonds. The molecule has 23 heavy (non-hydrogen) atoms. The Morgan fingerprint density at radius 2 is 1.43 bits per heavy atom. The molecule has 3 heteroatoms. The van der Waals surface area contributed by atoms with Gasteiger partial charge in [-0.25, -0.2) is 0 Å². The van der Waals surface area contributed by atoms with Crippen LogP contribution in [0.2, 0.25) is 0 Å². The van der Waals surface area contributed by atoms with E-state index < -0.39 is 5.97 Å². The van der Waals surface area contributed by atoms with Gasteiger partial charge in [-0.2, -0.15) is 0 Å². The van der Waals surface area contributed by atoms with Crippen molar-refractivity contribution < 1.29 is 14.7 Å². The minimum atomic E-state index is -0.737. The number of allylic oxidation sites excluding steroid dienone is 6. The summed E-state index contributed by atoms with van der Waals surface area (Å²) in [6.45, 7) is 2.19. The summed E-state index contributed by atoms with van der Waals surface area (Å²) < 4.78 is 0. The number of Topliss-reactive ketones (excluding diaryl/α,β-unsaturated/α-hetero) is 1. The number of aliphatic carboxylic acids is 1. The Labute approximate surface area is 141 Å². The van der Waals surface area contributed by atoms with Gasteiger partial charge in [-0.1, -0.05) is 56.2 Å². The number of carboxylic acid groups (broad SMARTS) is 1. The van der Waals surface area contributed by atoms with Crippen molar-refractivity contribution in [3.8, 4) is 0 Å². The van der Waals surface area contributed by atoms with Crippen LogP contribution in [0.4, 0.5) is 0 Å². The highest BCUT2D eigenvalue weighted by molar-refractivity contribution is 5.79. The van der Waals surface area contributed by atoms with E-state index in [2.05, 4.69) is 19.1 Å². The van der Waals surface area contributed by atoms with Crippen LogP contribution >= 0.6 is 0 Å². The van der Waals surface area contributed by atoms with E-state index in [9.17, 15) is 9.59 Å². The van der Waals surface area contributed by atoms with Gasteiger partial charge in [0.15, 0.2) is 0 Å². The molecule has 0 fully saturated rings. The molecule has 0 aromatic carbocycles. The third-order valence-corrected chi connectivity index (χ3v) is 3.44. The van der Waals surface area contributed by atoms with Crippen molar-refractivity contribution in [1.29, 1.82) is 0 Å². The first-order valence-corrected chi connectivity index (χ1v) is 8.85. The molecule has 0 rings (SSSR count). The smallest absolute Gasteiger partial charge is 0.303 e. The molecule has 0 unspecified atom stereocenters. The van der Waals surface area contributed by atoms with Crippen LogP contribution in [0.3, 0.4) is 0 Å². The van der Waals surface area contributed by atoms with Crippen molar-refractivity contribution in [3.63, 3.8) is 0 Å². The monoisotopic (exact) mass is 320 g/mol. The van der Waals surface area contributed by atoms with Gasteiger partial charge >= 0.3 is 5.97 Å². The Morgan fingerprint density at radius 1 is 0.783 bits per heavy atom. The number of ketones is 1. The normalized spacial score (nSPS) is 11.9. The molecule has 3 nitrogen and oxygen atoms in total. The van der Waals surface area contributed by atoms with E-state index in [-0.39, 0.29) is 6.42 Å². The molecule has 130 valence electrons. The first kappa shape index (κ1) is 21.4. The van der Waals surface area contributed by atoms with Gasteiger partial charge in [0.1, 0.15) is 5.78 Å². The molecular weight excluding hydrogens is 288 g/mol. The van der Waals surface area contributed by atoms with Crippen molar-refractivity contribution in [2.24, 2.45) is 0 Å². The second-order valence-corrected chi connectivity index (χ2v) is 5.71. The van der Waals surface area contributed by atoms with Crippen LogP contribution in [0.15, 0.2) is 36.5 Å². The molecular formula is C20H32O3. The zero-order valence-electron chi connectivity index (χ0n) is 14.5. The van der Waals surface area contributed by atoms with E-state index in [4.69, 9.17) is 5.11 Å². The van der Waals surface area contributed by atoms with Crippen LogP contribution in [0.5, 0.6) is 0 Å². The Bertz CT molecular complexity index is 392. The average Bonchev–Trinajstić information content (AvgIpc) is 2.52. The quantitative estimate of drug-likeness (QED) is 0.315. The molecule has 0 saturated heterocycles. The number of hydrogen-bond donors (Lipinski definition) is 1. The molecule has 0 bridgehead atoms. The summed E-state index contributed by atoms with van der Waals surface area (Å²) in [5, 5.41) is 8.49. The van der Waals surface area contributed by atoms with Crippen LogP contribution in [0.25, 0.3) is 0 Å². The molecule has 0 spiro atoms. The molecule has 0 aromatic rings. The predicted molar refractivity (Wildman–Crippen MR) is 96.5 cm³/mol. The predicted octanol–water partition coefficient (Wildman–Crippen LogP) is 5.62. The van der Waals surface area contributed by atoms with E-state index in [0.29, 0.717) is 25.0 Å². The molecule has 0 saturated carbocycles. The van der Waals surface area contributed by atoms with Crippen LogP contribution in [-0.4, -0.2) is 16.9 Å². The van der Waals surface area contributed by atoms with Crippen molar-refractivity contribution in [2.45, 2.75) is 77.6 Å². The van der Waals surface area contributed by atoms with Gasteiger partial charge in [0.05, 0.1) is 0 Å². The van der Waals surface area contributed by atoms with Gasteiger partial charge in [0.25, 0.3) is 0 Å². The molecule has 0 aliphatic carbocycles. The summed E-state index contributed by atoms with van der Waals surface area (Å²) >= 11 is 0. The SMILES string of the molecule is CCCCC/C=C\CC(=O)CC/C=C\C/C=C\CCCC(=O)O. The lowest BCUT2D eigenvalue weighted by Gasteiger charge is -1.94. The first-order valence-electron chi connectivity index (χ1n) is 8.85. The topological polar surface area (TPSA) is 54.4 Å². The van der Waals surface area contributed by atoms with Crippen LogP contribution in [-0.2, 0) is 9.59 Å². The maximum absolute atomic E-state index is 11.6. The molecule has 0 aliphatic rings. The minimum absolute atomic E-state index is 0.231. The average molecular weight is 320 g/mol. The van der Waals surface area contributed by atoms with Gasteiger partial charge in [-0.3, -0.25) is 9.59 Å². The maximum atomic E-state index is 11.6. The van der Waals surface area contributed by atoms with Gasteiger partial charge in [0, 0.05) is 19.3 Å². The first-order chi connectivity index (χ1) is 11.2. The Morgan fingerprint density at radius 3 is 2.13 bits per heavy atom. The lowest BCUT2D eigenvalue weighted by molar-refractivity contribution is -0.137. The Balaban J connectivity index is 3.49. The number of hydrogen-bond acceptors (Lipinski definition) is 2. The lowest BCUT2D eigenvalue weighted by atomic mass is 10.1. The number of carbonyl (C=O) groups excluding carboxylic acids is 1. The van der Waals surface area contributed by atoms with Gasteiger partial charge in [-0.05, 0) is 38.5 Å². The highest BCUT2D eigenvalue weighted by atomic mass is 16.4. The van der Waals surface area contributed by atoms with Crippen molar-refractivity contribution >= 4 is 11.8 Å². The largest absolute Gasteiger partial charge is 0.481 e. The Hall–Kier alpha value is -1.64. The third kappa shape index (κ3) is 18.3. The lowest BCUT2D eigenvalue weighted by Crippen LogP contribution is -1.93. The summed E-state index contributed by atoms with van der Waals surface area (Å²) in [6, 6.07) is 0. The van der Waals surface area contributed by atoms with Gasteiger partial charge < -0.3 is 5.11 Å². The zero-order valence-corrected chi connectivity index (χ0v) is 14.5. The number of carbonyl (C=O) groups is 2. The maximum Gasteiger partial charge on any atom is 0.303 e. The molecule has 0 aromatic heterocycles. The van der Waals surface area contributed by atoms with Crippen LogP contribution in [0, 0.1) is 0 Å². The second kappa shape index (κ2) is 16.7. The number of unbranched alkanes of at least 4 members (excludes halogenated alkanes) is 4. The molecule has 0 heterocycles. The molecule has 0 atom stereocenters. The number of rotatable bonds is 15. The summed E-state index contributed by atoms with van der Waals surface area (Å²) in [4.78, 5) is 22.0. The zero-order chi connectivity index (χ0) is 17.2. The summed E-state index contributed by atoms with van der Waals surface area (Å²) in [5.41, 5.74) is 0. The summed E-state index contributed by atoms with van der Waals surface area (Å²) in [5.74, 6) is -0.440.